The van der Waals surface area contributed by atoms with Gasteiger partial charge in [0.2, 0.25) is 5.72 Å². The smallest absolute Gasteiger partial charge is 0.363 e. The molecule has 3 rings (SSSR count). The Labute approximate surface area is 163 Å². The number of aliphatic hydroxyl groups is 1. The molecule has 1 aliphatic heterocycles. The zero-order valence-electron chi connectivity index (χ0n) is 14.5. The molecule has 0 aromatic heterocycles. The maximum atomic E-state index is 13.8. The normalized spacial score (nSPS) is 25.0. The van der Waals surface area contributed by atoms with E-state index in [1.807, 2.05) is 0 Å². The first-order valence-corrected chi connectivity index (χ1v) is 8.65. The molecule has 0 saturated carbocycles. The SMILES string of the molecule is Cc1ccc(C(=O)[C@@H]2[C@H](c3ccc(Cl)cc3)NC(=O)N[C@@]2(O)C(F)(F)F)cc1. The Kier molecular flexibility index (Phi) is 5.12. The molecule has 0 unspecified atom stereocenters. The Morgan fingerprint density at radius 3 is 2.21 bits per heavy atom. The van der Waals surface area contributed by atoms with Crippen molar-refractivity contribution in [2.45, 2.75) is 24.9 Å². The number of hydrogen-bond donors (Lipinski definition) is 3. The van der Waals surface area contributed by atoms with Crippen LogP contribution in [0, 0.1) is 12.8 Å². The number of Topliss-reactive ketones (excluding diaryl/α,β-unsaturated/α-hetero) is 1. The summed E-state index contributed by atoms with van der Waals surface area (Å²) in [6.45, 7) is 1.76. The molecule has 0 bridgehead atoms. The largest absolute Gasteiger partial charge is 0.437 e. The van der Waals surface area contributed by atoms with Gasteiger partial charge >= 0.3 is 12.2 Å². The maximum Gasteiger partial charge on any atom is 0.437 e. The van der Waals surface area contributed by atoms with Crippen LogP contribution < -0.4 is 10.6 Å². The van der Waals surface area contributed by atoms with Crippen molar-refractivity contribution in [1.82, 2.24) is 10.6 Å². The fourth-order valence-corrected chi connectivity index (χ4v) is 3.31. The molecule has 9 heteroatoms. The van der Waals surface area contributed by atoms with Crippen molar-refractivity contribution in [3.63, 3.8) is 0 Å². The molecule has 1 heterocycles. The number of amides is 2. The highest BCUT2D eigenvalue weighted by molar-refractivity contribution is 6.30. The average Bonchev–Trinajstić information content (AvgIpc) is 2.61. The third kappa shape index (κ3) is 3.57. The van der Waals surface area contributed by atoms with E-state index in [0.29, 0.717) is 5.02 Å². The molecule has 2 amide bonds. The number of ketones is 1. The van der Waals surface area contributed by atoms with Crippen LogP contribution in [0.15, 0.2) is 48.5 Å². The second-order valence-corrected chi connectivity index (χ2v) is 7.04. The van der Waals surface area contributed by atoms with Gasteiger partial charge in [-0.3, -0.25) is 4.79 Å². The molecular weight excluding hydrogens is 397 g/mol. The maximum absolute atomic E-state index is 13.8. The molecule has 1 saturated heterocycles. The lowest BCUT2D eigenvalue weighted by Crippen LogP contribution is -2.72. The van der Waals surface area contributed by atoms with Crippen LogP contribution in [0.3, 0.4) is 0 Å². The Bertz CT molecular complexity index is 900. The summed E-state index contributed by atoms with van der Waals surface area (Å²) in [5.74, 6) is -3.03. The Morgan fingerprint density at radius 1 is 1.11 bits per heavy atom. The van der Waals surface area contributed by atoms with Crippen LogP contribution in [0.5, 0.6) is 0 Å². The van der Waals surface area contributed by atoms with Crippen molar-refractivity contribution >= 4 is 23.4 Å². The van der Waals surface area contributed by atoms with Crippen LogP contribution in [0.1, 0.15) is 27.5 Å². The summed E-state index contributed by atoms with van der Waals surface area (Å²) < 4.78 is 41.3. The number of hydrogen-bond acceptors (Lipinski definition) is 3. The van der Waals surface area contributed by atoms with Gasteiger partial charge in [0.1, 0.15) is 5.92 Å². The van der Waals surface area contributed by atoms with E-state index >= 15 is 0 Å². The molecule has 3 atom stereocenters. The predicted molar refractivity (Wildman–Crippen MR) is 95.9 cm³/mol. The Balaban J connectivity index is 2.15. The molecule has 1 fully saturated rings. The minimum atomic E-state index is -5.29. The summed E-state index contributed by atoms with van der Waals surface area (Å²) in [6.07, 6.45) is -5.29. The number of nitrogens with one attached hydrogen (secondary N) is 2. The lowest BCUT2D eigenvalue weighted by molar-refractivity contribution is -0.287. The first-order chi connectivity index (χ1) is 13.0. The van der Waals surface area contributed by atoms with Gasteiger partial charge in [-0.25, -0.2) is 4.79 Å². The molecule has 3 N–H and O–H groups in total. The number of alkyl halides is 3. The molecule has 0 radical (unpaired) electrons. The van der Waals surface area contributed by atoms with Crippen LogP contribution in [0.25, 0.3) is 0 Å². The highest BCUT2D eigenvalue weighted by Crippen LogP contribution is 2.44. The van der Waals surface area contributed by atoms with Gasteiger partial charge in [0.15, 0.2) is 5.78 Å². The molecule has 0 spiro atoms. The highest BCUT2D eigenvalue weighted by Gasteiger charge is 2.66. The van der Waals surface area contributed by atoms with E-state index in [1.54, 1.807) is 19.1 Å². The van der Waals surface area contributed by atoms with Crippen molar-refractivity contribution in [3.8, 4) is 0 Å². The van der Waals surface area contributed by atoms with Gasteiger partial charge in [0.25, 0.3) is 0 Å². The van der Waals surface area contributed by atoms with Gasteiger partial charge in [-0.05, 0) is 24.6 Å². The van der Waals surface area contributed by atoms with E-state index in [9.17, 15) is 27.9 Å². The van der Waals surface area contributed by atoms with Crippen LogP contribution in [-0.4, -0.2) is 28.8 Å². The van der Waals surface area contributed by atoms with Crippen LogP contribution in [-0.2, 0) is 0 Å². The van der Waals surface area contributed by atoms with E-state index in [4.69, 9.17) is 11.6 Å². The van der Waals surface area contributed by atoms with Crippen molar-refractivity contribution in [2.75, 3.05) is 0 Å². The van der Waals surface area contributed by atoms with Gasteiger partial charge in [-0.1, -0.05) is 53.6 Å². The van der Waals surface area contributed by atoms with Crippen molar-refractivity contribution in [3.05, 3.63) is 70.2 Å². The third-order valence-electron chi connectivity index (χ3n) is 4.65. The number of rotatable bonds is 3. The number of carbonyl (C=O) groups is 2. The fourth-order valence-electron chi connectivity index (χ4n) is 3.18. The van der Waals surface area contributed by atoms with E-state index in [2.05, 4.69) is 5.32 Å². The lowest BCUT2D eigenvalue weighted by atomic mass is 9.77. The number of urea groups is 1. The molecular formula is C19H16ClF3N2O3. The van der Waals surface area contributed by atoms with Gasteiger partial charge in [-0.15, -0.1) is 0 Å². The third-order valence-corrected chi connectivity index (χ3v) is 4.91. The zero-order valence-corrected chi connectivity index (χ0v) is 15.3. The molecule has 148 valence electrons. The summed E-state index contributed by atoms with van der Waals surface area (Å²) in [5, 5.41) is 14.6. The molecule has 2 aromatic rings. The summed E-state index contributed by atoms with van der Waals surface area (Å²) in [4.78, 5) is 25.0. The van der Waals surface area contributed by atoms with E-state index in [-0.39, 0.29) is 11.1 Å². The Hall–Kier alpha value is -2.58. The summed E-state index contributed by atoms with van der Waals surface area (Å²) in [5.41, 5.74) is -2.75. The fraction of sp³-hybridized carbons (Fsp3) is 0.263. The van der Waals surface area contributed by atoms with E-state index in [0.717, 1.165) is 5.56 Å². The van der Waals surface area contributed by atoms with Crippen molar-refractivity contribution in [1.29, 1.82) is 0 Å². The number of halogens is 4. The zero-order chi connectivity index (χ0) is 20.7. The first-order valence-electron chi connectivity index (χ1n) is 8.27. The monoisotopic (exact) mass is 412 g/mol. The summed E-state index contributed by atoms with van der Waals surface area (Å²) in [7, 11) is 0. The molecule has 0 aliphatic carbocycles. The topological polar surface area (TPSA) is 78.4 Å². The minimum Gasteiger partial charge on any atom is -0.363 e. The summed E-state index contributed by atoms with van der Waals surface area (Å²) in [6, 6.07) is 8.87. The van der Waals surface area contributed by atoms with E-state index < -0.39 is 35.7 Å². The van der Waals surface area contributed by atoms with E-state index in [1.165, 1.54) is 41.7 Å². The summed E-state index contributed by atoms with van der Waals surface area (Å²) >= 11 is 5.82. The first kappa shape index (κ1) is 20.2. The quantitative estimate of drug-likeness (QED) is 0.672. The molecule has 2 aromatic carbocycles. The minimum absolute atomic E-state index is 0.0183. The van der Waals surface area contributed by atoms with Gasteiger partial charge in [0.05, 0.1) is 6.04 Å². The average molecular weight is 413 g/mol. The molecule has 1 aliphatic rings. The van der Waals surface area contributed by atoms with Gasteiger partial charge < -0.3 is 15.7 Å². The number of benzene rings is 2. The number of aryl methyl sites for hydroxylation is 1. The lowest BCUT2D eigenvalue weighted by Gasteiger charge is -2.45. The van der Waals surface area contributed by atoms with Crippen LogP contribution in [0.4, 0.5) is 18.0 Å². The standard InChI is InChI=1S/C19H16ClF3N2O3/c1-10-2-4-12(5-3-10)16(26)14-15(11-6-8-13(20)9-7-11)24-17(27)25-18(14,28)19(21,22)23/h2-9,14-15,28H,1H3,(H2,24,25,27)/t14-,15-,18-/m0/s1. The van der Waals surface area contributed by atoms with Crippen LogP contribution in [0.2, 0.25) is 5.02 Å². The predicted octanol–water partition coefficient (Wildman–Crippen LogP) is 3.75. The molecule has 28 heavy (non-hydrogen) atoms. The molecule has 5 nitrogen and oxygen atoms in total. The van der Waals surface area contributed by atoms with Crippen molar-refractivity contribution < 1.29 is 27.9 Å². The van der Waals surface area contributed by atoms with Gasteiger partial charge in [0, 0.05) is 10.6 Å². The van der Waals surface area contributed by atoms with Crippen LogP contribution >= 0.6 is 11.6 Å². The second-order valence-electron chi connectivity index (χ2n) is 6.60. The highest BCUT2D eigenvalue weighted by atomic mass is 35.5. The van der Waals surface area contributed by atoms with Crippen molar-refractivity contribution in [2.24, 2.45) is 5.92 Å². The Morgan fingerprint density at radius 2 is 1.68 bits per heavy atom. The second kappa shape index (κ2) is 7.10. The number of carbonyl (C=O) groups excluding carboxylic acids is 2. The van der Waals surface area contributed by atoms with Gasteiger partial charge in [-0.2, -0.15) is 13.2 Å².